The number of methoxy groups -OCH3 is 1. The van der Waals surface area contributed by atoms with Gasteiger partial charge in [-0.1, -0.05) is 19.1 Å². The van der Waals surface area contributed by atoms with Gasteiger partial charge in [-0.25, -0.2) is 0 Å². The Bertz CT molecular complexity index is 501. The minimum Gasteiger partial charge on any atom is -0.469 e. The van der Waals surface area contributed by atoms with E-state index in [1.807, 2.05) is 31.2 Å². The zero-order valence-corrected chi connectivity index (χ0v) is 13.7. The summed E-state index contributed by atoms with van der Waals surface area (Å²) < 4.78 is 4.61. The van der Waals surface area contributed by atoms with Crippen LogP contribution in [0.3, 0.4) is 0 Å². The first-order valence-corrected chi connectivity index (χ1v) is 7.27. The summed E-state index contributed by atoms with van der Waals surface area (Å²) in [5.74, 6) is 0.300. The third-order valence-electron chi connectivity index (χ3n) is 4.00. The van der Waals surface area contributed by atoms with E-state index < -0.39 is 0 Å². The minimum atomic E-state index is -0.213. The summed E-state index contributed by atoms with van der Waals surface area (Å²) in [7, 11) is 1.39. The third kappa shape index (κ3) is 5.00. The van der Waals surface area contributed by atoms with Gasteiger partial charge in [-0.15, -0.1) is 12.4 Å². The van der Waals surface area contributed by atoms with E-state index >= 15 is 0 Å². The van der Waals surface area contributed by atoms with Crippen molar-refractivity contribution >= 4 is 30.0 Å². The minimum absolute atomic E-state index is 0. The van der Waals surface area contributed by atoms with Crippen LogP contribution in [0, 0.1) is 11.8 Å². The molecule has 22 heavy (non-hydrogen) atoms. The molecular weight excluding hydrogens is 304 g/mol. The van der Waals surface area contributed by atoms with E-state index in [-0.39, 0.29) is 30.2 Å². The second kappa shape index (κ2) is 8.76. The summed E-state index contributed by atoms with van der Waals surface area (Å²) in [5, 5.41) is 6.11. The summed E-state index contributed by atoms with van der Waals surface area (Å²) in [5.41, 5.74) is 1.84. The Balaban J connectivity index is 0.00000242. The molecule has 6 heteroatoms. The number of nitrogens with one attached hydrogen (secondary N) is 2. The molecule has 2 N–H and O–H groups in total. The average molecular weight is 327 g/mol. The van der Waals surface area contributed by atoms with Gasteiger partial charge in [0.15, 0.2) is 0 Å². The molecule has 1 aliphatic heterocycles. The van der Waals surface area contributed by atoms with E-state index in [0.29, 0.717) is 18.8 Å². The van der Waals surface area contributed by atoms with Crippen LogP contribution in [0.2, 0.25) is 0 Å². The molecule has 1 aliphatic rings. The van der Waals surface area contributed by atoms with Crippen LogP contribution in [-0.4, -0.2) is 32.1 Å². The number of hydrogen-bond donors (Lipinski definition) is 2. The molecule has 0 saturated carbocycles. The number of anilines is 1. The predicted octanol–water partition coefficient (Wildman–Crippen LogP) is 2.01. The van der Waals surface area contributed by atoms with Gasteiger partial charge >= 0.3 is 5.97 Å². The van der Waals surface area contributed by atoms with Gasteiger partial charge in [0.05, 0.1) is 7.11 Å². The normalized spacial score (nSPS) is 15.2. The Morgan fingerprint density at radius 1 is 1.32 bits per heavy atom. The molecule has 1 heterocycles. The Morgan fingerprint density at radius 3 is 2.45 bits per heavy atom. The van der Waals surface area contributed by atoms with Gasteiger partial charge in [0.2, 0.25) is 5.91 Å². The van der Waals surface area contributed by atoms with Crippen molar-refractivity contribution in [2.75, 3.05) is 25.5 Å². The number of halogens is 1. The van der Waals surface area contributed by atoms with Crippen molar-refractivity contribution in [3.05, 3.63) is 29.8 Å². The van der Waals surface area contributed by atoms with Crippen LogP contribution in [0.4, 0.5) is 5.69 Å². The fourth-order valence-corrected chi connectivity index (χ4v) is 2.24. The number of aryl methyl sites for hydroxylation is 1. The highest BCUT2D eigenvalue weighted by atomic mass is 35.5. The van der Waals surface area contributed by atoms with Gasteiger partial charge in [-0.2, -0.15) is 0 Å². The molecule has 1 amide bonds. The summed E-state index contributed by atoms with van der Waals surface area (Å²) in [6, 6.07) is 7.59. The molecule has 0 spiro atoms. The maximum Gasteiger partial charge on any atom is 0.305 e. The van der Waals surface area contributed by atoms with Crippen LogP contribution in [0.1, 0.15) is 18.9 Å². The quantitative estimate of drug-likeness (QED) is 0.785. The fraction of sp³-hybridized carbons (Fsp3) is 0.500. The number of esters is 1. The molecule has 0 radical (unpaired) electrons. The first-order valence-electron chi connectivity index (χ1n) is 7.27. The smallest absolute Gasteiger partial charge is 0.305 e. The topological polar surface area (TPSA) is 67.4 Å². The van der Waals surface area contributed by atoms with E-state index in [0.717, 1.165) is 24.3 Å². The molecule has 1 unspecified atom stereocenters. The second-order valence-electron chi connectivity index (χ2n) is 5.47. The Hall–Kier alpha value is -1.59. The molecule has 2 rings (SSSR count). The lowest BCUT2D eigenvalue weighted by Crippen LogP contribution is -2.48. The Kier molecular flexibility index (Phi) is 7.35. The zero-order chi connectivity index (χ0) is 15.2. The summed E-state index contributed by atoms with van der Waals surface area (Å²) in [4.78, 5) is 23.2. The first kappa shape index (κ1) is 18.5. The molecular formula is C16H23ClN2O3. The van der Waals surface area contributed by atoms with Gasteiger partial charge < -0.3 is 15.4 Å². The standard InChI is InChI=1S/C16H22N2O3.ClH/c1-11(13-9-17-10-13)16(20)18-14-6-3-12(4-7-14)5-8-15(19)21-2;/h3-4,6-7,11,13,17H,5,8-10H2,1-2H3,(H,18,20);1H. The highest BCUT2D eigenvalue weighted by Crippen LogP contribution is 2.19. The SMILES string of the molecule is COC(=O)CCc1ccc(NC(=O)C(C)C2CNC2)cc1.Cl. The van der Waals surface area contributed by atoms with Gasteiger partial charge in [-0.3, -0.25) is 9.59 Å². The monoisotopic (exact) mass is 326 g/mol. The molecule has 0 aromatic heterocycles. The number of amides is 1. The van der Waals surface area contributed by atoms with Gasteiger partial charge in [0.25, 0.3) is 0 Å². The van der Waals surface area contributed by atoms with E-state index in [1.165, 1.54) is 7.11 Å². The van der Waals surface area contributed by atoms with Crippen LogP contribution in [0.5, 0.6) is 0 Å². The molecule has 5 nitrogen and oxygen atoms in total. The Labute approximate surface area is 137 Å². The maximum absolute atomic E-state index is 12.1. The van der Waals surface area contributed by atoms with Crippen LogP contribution in [0.15, 0.2) is 24.3 Å². The lowest BCUT2D eigenvalue weighted by molar-refractivity contribution is -0.140. The third-order valence-corrected chi connectivity index (χ3v) is 4.00. The van der Waals surface area contributed by atoms with E-state index in [4.69, 9.17) is 0 Å². The molecule has 1 saturated heterocycles. The second-order valence-corrected chi connectivity index (χ2v) is 5.47. The van der Waals surface area contributed by atoms with Crippen molar-refractivity contribution in [1.82, 2.24) is 5.32 Å². The molecule has 1 atom stereocenters. The van der Waals surface area contributed by atoms with Crippen molar-refractivity contribution in [3.63, 3.8) is 0 Å². The molecule has 1 aromatic carbocycles. The number of benzene rings is 1. The van der Waals surface area contributed by atoms with Crippen molar-refractivity contribution in [1.29, 1.82) is 0 Å². The van der Waals surface area contributed by atoms with E-state index in [9.17, 15) is 9.59 Å². The number of ether oxygens (including phenoxy) is 1. The number of carbonyl (C=O) groups is 2. The van der Waals surface area contributed by atoms with Gasteiger partial charge in [-0.05, 0) is 43.1 Å². The summed E-state index contributed by atoms with van der Waals surface area (Å²) in [6.45, 7) is 3.80. The molecule has 122 valence electrons. The van der Waals surface area contributed by atoms with Crippen molar-refractivity contribution < 1.29 is 14.3 Å². The van der Waals surface area contributed by atoms with Crippen LogP contribution < -0.4 is 10.6 Å². The molecule has 0 bridgehead atoms. The zero-order valence-electron chi connectivity index (χ0n) is 12.9. The highest BCUT2D eigenvalue weighted by molar-refractivity contribution is 5.92. The maximum atomic E-state index is 12.1. The van der Waals surface area contributed by atoms with E-state index in [2.05, 4.69) is 15.4 Å². The predicted molar refractivity (Wildman–Crippen MR) is 88.2 cm³/mol. The highest BCUT2D eigenvalue weighted by Gasteiger charge is 2.28. The number of rotatable bonds is 6. The van der Waals surface area contributed by atoms with E-state index in [1.54, 1.807) is 0 Å². The molecule has 1 aromatic rings. The lowest BCUT2D eigenvalue weighted by Gasteiger charge is -2.31. The lowest BCUT2D eigenvalue weighted by atomic mass is 9.88. The average Bonchev–Trinajstić information content (AvgIpc) is 2.44. The first-order chi connectivity index (χ1) is 10.1. The Morgan fingerprint density at radius 2 is 1.95 bits per heavy atom. The summed E-state index contributed by atoms with van der Waals surface area (Å²) in [6.07, 6.45) is 1.01. The van der Waals surface area contributed by atoms with Crippen LogP contribution in [0.25, 0.3) is 0 Å². The van der Waals surface area contributed by atoms with Gasteiger partial charge in [0.1, 0.15) is 0 Å². The van der Waals surface area contributed by atoms with Crippen molar-refractivity contribution in [2.24, 2.45) is 11.8 Å². The number of carbonyl (C=O) groups excluding carboxylic acids is 2. The number of hydrogen-bond acceptors (Lipinski definition) is 4. The largest absolute Gasteiger partial charge is 0.469 e. The van der Waals surface area contributed by atoms with Crippen LogP contribution >= 0.6 is 12.4 Å². The summed E-state index contributed by atoms with van der Waals surface area (Å²) >= 11 is 0. The van der Waals surface area contributed by atoms with Crippen LogP contribution in [-0.2, 0) is 20.7 Å². The fourth-order valence-electron chi connectivity index (χ4n) is 2.24. The van der Waals surface area contributed by atoms with Gasteiger partial charge in [0, 0.05) is 18.0 Å². The van der Waals surface area contributed by atoms with Crippen molar-refractivity contribution in [2.45, 2.75) is 19.8 Å². The molecule has 1 fully saturated rings. The van der Waals surface area contributed by atoms with Crippen molar-refractivity contribution in [3.8, 4) is 0 Å². The molecule has 0 aliphatic carbocycles.